The van der Waals surface area contributed by atoms with E-state index in [0.717, 1.165) is 58.3 Å². The average Bonchev–Trinajstić information content (AvgIpc) is 3.22. The van der Waals surface area contributed by atoms with Crippen molar-refractivity contribution in [3.8, 4) is 0 Å². The van der Waals surface area contributed by atoms with Gasteiger partial charge in [0.05, 0.1) is 0 Å². The molecule has 5 heteroatoms. The smallest absolute Gasteiger partial charge is 0.318 e. The lowest BCUT2D eigenvalue weighted by Gasteiger charge is -2.29. The zero-order valence-electron chi connectivity index (χ0n) is 17.4. The number of carbonyl (C=O) groups excluding carboxylic acids is 2. The Morgan fingerprint density at radius 2 is 1.69 bits per heavy atom. The predicted octanol–water partition coefficient (Wildman–Crippen LogP) is 4.03. The maximum Gasteiger partial charge on any atom is 0.318 e. The van der Waals surface area contributed by atoms with Crippen molar-refractivity contribution in [1.82, 2.24) is 15.1 Å². The summed E-state index contributed by atoms with van der Waals surface area (Å²) in [5.41, 5.74) is 0.427. The number of rotatable bonds is 10. The Bertz CT molecular complexity index is 466. The lowest BCUT2D eigenvalue weighted by Crippen LogP contribution is -2.52. The number of amides is 3. The van der Waals surface area contributed by atoms with E-state index in [1.54, 1.807) is 0 Å². The molecule has 5 nitrogen and oxygen atoms in total. The van der Waals surface area contributed by atoms with Gasteiger partial charge in [-0.1, -0.05) is 40.5 Å². The fourth-order valence-electron chi connectivity index (χ4n) is 3.87. The lowest BCUT2D eigenvalue weighted by atomic mass is 10.0. The summed E-state index contributed by atoms with van der Waals surface area (Å²) < 4.78 is 0. The van der Waals surface area contributed by atoms with Gasteiger partial charge in [-0.2, -0.15) is 0 Å². The Morgan fingerprint density at radius 3 is 2.15 bits per heavy atom. The molecule has 0 bridgehead atoms. The van der Waals surface area contributed by atoms with Gasteiger partial charge < -0.3 is 15.1 Å². The molecule has 1 saturated carbocycles. The van der Waals surface area contributed by atoms with Gasteiger partial charge in [-0.15, -0.1) is 0 Å². The average molecular weight is 366 g/mol. The van der Waals surface area contributed by atoms with Crippen LogP contribution in [-0.4, -0.2) is 54.0 Å². The Labute approximate surface area is 159 Å². The van der Waals surface area contributed by atoms with Gasteiger partial charge in [0.15, 0.2) is 0 Å². The quantitative estimate of drug-likeness (QED) is 0.635. The molecular weight excluding hydrogens is 326 g/mol. The Balaban J connectivity index is 1.97. The zero-order valence-corrected chi connectivity index (χ0v) is 17.4. The molecule has 26 heavy (non-hydrogen) atoms. The summed E-state index contributed by atoms with van der Waals surface area (Å²) in [6, 6.07) is -0.451. The van der Waals surface area contributed by atoms with Crippen molar-refractivity contribution in [3.05, 3.63) is 0 Å². The van der Waals surface area contributed by atoms with Gasteiger partial charge in [0.1, 0.15) is 6.04 Å². The molecule has 1 atom stereocenters. The summed E-state index contributed by atoms with van der Waals surface area (Å²) in [5.74, 6) is 0.503. The number of hydrogen-bond acceptors (Lipinski definition) is 2. The van der Waals surface area contributed by atoms with Crippen LogP contribution in [0.1, 0.15) is 79.1 Å². The van der Waals surface area contributed by atoms with Crippen molar-refractivity contribution < 1.29 is 9.59 Å². The fourth-order valence-corrected chi connectivity index (χ4v) is 3.87. The molecule has 0 aromatic heterocycles. The topological polar surface area (TPSA) is 52.7 Å². The molecule has 1 spiro atoms. The van der Waals surface area contributed by atoms with Crippen molar-refractivity contribution in [1.29, 1.82) is 0 Å². The van der Waals surface area contributed by atoms with Crippen LogP contribution in [0.25, 0.3) is 0 Å². The van der Waals surface area contributed by atoms with E-state index in [9.17, 15) is 9.59 Å². The number of likely N-dealkylation sites (tertiary alicyclic amines) is 1. The van der Waals surface area contributed by atoms with E-state index in [2.05, 4.69) is 33.0 Å². The van der Waals surface area contributed by atoms with E-state index in [0.29, 0.717) is 17.8 Å². The van der Waals surface area contributed by atoms with Gasteiger partial charge in [0, 0.05) is 26.2 Å². The Kier molecular flexibility index (Phi) is 7.78. The van der Waals surface area contributed by atoms with Crippen molar-refractivity contribution in [2.45, 2.75) is 85.1 Å². The molecule has 1 aliphatic heterocycles. The van der Waals surface area contributed by atoms with E-state index >= 15 is 0 Å². The highest BCUT2D eigenvalue weighted by atomic mass is 16.2. The minimum absolute atomic E-state index is 0.0637. The Hall–Kier alpha value is -1.26. The first-order chi connectivity index (χ1) is 12.4. The normalized spacial score (nSPS) is 19.0. The standard InChI is InChI=1S/C21H39N3O2/c1-5-7-12-23(13-8-6-2)20(26)22-18(15-17(3)4)19(25)24-14-11-21(16-24)9-10-21/h17-18H,5-16H2,1-4H3,(H,22,26). The summed E-state index contributed by atoms with van der Waals surface area (Å²) >= 11 is 0. The molecule has 0 aromatic rings. The van der Waals surface area contributed by atoms with Crippen LogP contribution < -0.4 is 5.32 Å². The first-order valence-electron chi connectivity index (χ1n) is 10.7. The van der Waals surface area contributed by atoms with E-state index in [1.807, 2.05) is 9.80 Å². The zero-order chi connectivity index (χ0) is 19.2. The van der Waals surface area contributed by atoms with Gasteiger partial charge >= 0.3 is 6.03 Å². The highest BCUT2D eigenvalue weighted by Gasteiger charge is 2.49. The van der Waals surface area contributed by atoms with Crippen LogP contribution in [0.4, 0.5) is 4.79 Å². The molecule has 150 valence electrons. The lowest BCUT2D eigenvalue weighted by molar-refractivity contribution is -0.132. The molecule has 3 amide bonds. The summed E-state index contributed by atoms with van der Waals surface area (Å²) in [6.07, 6.45) is 8.53. The van der Waals surface area contributed by atoms with Gasteiger partial charge in [-0.3, -0.25) is 4.79 Å². The fraction of sp³-hybridized carbons (Fsp3) is 0.905. The molecule has 2 rings (SSSR count). The molecule has 0 aromatic carbocycles. The van der Waals surface area contributed by atoms with Crippen molar-refractivity contribution in [3.63, 3.8) is 0 Å². The highest BCUT2D eigenvalue weighted by molar-refractivity contribution is 5.87. The second-order valence-electron chi connectivity index (χ2n) is 8.84. The number of carbonyl (C=O) groups is 2. The van der Waals surface area contributed by atoms with Crippen molar-refractivity contribution in [2.24, 2.45) is 11.3 Å². The first kappa shape index (κ1) is 21.0. The van der Waals surface area contributed by atoms with Crippen molar-refractivity contribution in [2.75, 3.05) is 26.2 Å². The predicted molar refractivity (Wildman–Crippen MR) is 106 cm³/mol. The van der Waals surface area contributed by atoms with E-state index in [4.69, 9.17) is 0 Å². The van der Waals surface area contributed by atoms with Crippen LogP contribution >= 0.6 is 0 Å². The second-order valence-corrected chi connectivity index (χ2v) is 8.84. The number of nitrogens with zero attached hydrogens (tertiary/aromatic N) is 2. The third-order valence-corrected chi connectivity index (χ3v) is 5.86. The molecule has 2 aliphatic rings. The minimum Gasteiger partial charge on any atom is -0.340 e. The van der Waals surface area contributed by atoms with Gasteiger partial charge in [0.2, 0.25) is 5.91 Å². The van der Waals surface area contributed by atoms with Crippen LogP contribution in [0.15, 0.2) is 0 Å². The largest absolute Gasteiger partial charge is 0.340 e. The molecule has 1 N–H and O–H groups in total. The van der Waals surface area contributed by atoms with Crippen LogP contribution in [0.3, 0.4) is 0 Å². The van der Waals surface area contributed by atoms with E-state index in [-0.39, 0.29) is 18.0 Å². The van der Waals surface area contributed by atoms with E-state index < -0.39 is 0 Å². The van der Waals surface area contributed by atoms with Crippen LogP contribution in [-0.2, 0) is 4.79 Å². The van der Waals surface area contributed by atoms with Crippen molar-refractivity contribution >= 4 is 11.9 Å². The van der Waals surface area contributed by atoms with Gasteiger partial charge in [-0.05, 0) is 49.9 Å². The number of unbranched alkanes of at least 4 members (excludes halogenated alkanes) is 2. The number of nitrogens with one attached hydrogen (secondary N) is 1. The first-order valence-corrected chi connectivity index (χ1v) is 10.7. The minimum atomic E-state index is -0.387. The maximum atomic E-state index is 13.1. The molecule has 1 unspecified atom stereocenters. The third-order valence-electron chi connectivity index (χ3n) is 5.86. The summed E-state index contributed by atoms with van der Waals surface area (Å²) in [5, 5.41) is 3.09. The number of urea groups is 1. The molecule has 0 radical (unpaired) electrons. The summed E-state index contributed by atoms with van der Waals surface area (Å²) in [7, 11) is 0. The van der Waals surface area contributed by atoms with Crippen LogP contribution in [0.2, 0.25) is 0 Å². The van der Waals surface area contributed by atoms with Gasteiger partial charge in [0.25, 0.3) is 0 Å². The van der Waals surface area contributed by atoms with Gasteiger partial charge in [-0.25, -0.2) is 4.79 Å². The summed E-state index contributed by atoms with van der Waals surface area (Å²) in [4.78, 5) is 29.8. The van der Waals surface area contributed by atoms with Crippen LogP contribution in [0.5, 0.6) is 0 Å². The molecule has 1 saturated heterocycles. The highest BCUT2D eigenvalue weighted by Crippen LogP contribution is 2.52. The molecular formula is C21H39N3O2. The summed E-state index contributed by atoms with van der Waals surface area (Å²) in [6.45, 7) is 11.8. The second kappa shape index (κ2) is 9.61. The SMILES string of the molecule is CCCCN(CCCC)C(=O)NC(CC(C)C)C(=O)N1CCC2(CC2)C1. The maximum absolute atomic E-state index is 13.1. The third kappa shape index (κ3) is 5.88. The Morgan fingerprint density at radius 1 is 1.08 bits per heavy atom. The van der Waals surface area contributed by atoms with Crippen LogP contribution in [0, 0.1) is 11.3 Å². The monoisotopic (exact) mass is 365 g/mol. The molecule has 1 aliphatic carbocycles. The van der Waals surface area contributed by atoms with E-state index in [1.165, 1.54) is 12.8 Å². The number of hydrogen-bond donors (Lipinski definition) is 1. The molecule has 2 fully saturated rings. The molecule has 1 heterocycles.